The van der Waals surface area contributed by atoms with Crippen LogP contribution in [0.2, 0.25) is 0 Å². The molecule has 2 amide bonds. The molecular weight excluding hydrogens is 474 g/mol. The van der Waals surface area contributed by atoms with Crippen molar-refractivity contribution in [1.29, 1.82) is 0 Å². The Morgan fingerprint density at radius 2 is 2.09 bits per heavy atom. The van der Waals surface area contributed by atoms with Crippen LogP contribution in [0.25, 0.3) is 11.7 Å². The number of rotatable bonds is 8. The molecular formula is C23H27N5O4S2. The number of fused-ring (bicyclic) bond motifs is 1. The van der Waals surface area contributed by atoms with Gasteiger partial charge in [-0.05, 0) is 44.4 Å². The molecule has 4 heterocycles. The molecule has 0 atom stereocenters. The van der Waals surface area contributed by atoms with Crippen LogP contribution in [0, 0.1) is 5.92 Å². The van der Waals surface area contributed by atoms with Crippen LogP contribution in [0.1, 0.15) is 31.7 Å². The van der Waals surface area contributed by atoms with Crippen molar-refractivity contribution in [2.24, 2.45) is 11.7 Å². The Balaban J connectivity index is 1.68. The van der Waals surface area contributed by atoms with Crippen LogP contribution in [0.3, 0.4) is 0 Å². The Kier molecular flexibility index (Phi) is 7.64. The highest BCUT2D eigenvalue weighted by molar-refractivity contribution is 8.26. The van der Waals surface area contributed by atoms with Crippen LogP contribution in [0.5, 0.6) is 0 Å². The summed E-state index contributed by atoms with van der Waals surface area (Å²) in [7, 11) is 0. The highest BCUT2D eigenvalue weighted by Gasteiger charge is 2.33. The number of hydrogen-bond acceptors (Lipinski definition) is 8. The highest BCUT2D eigenvalue weighted by Crippen LogP contribution is 2.34. The zero-order chi connectivity index (χ0) is 24.2. The summed E-state index contributed by atoms with van der Waals surface area (Å²) < 4.78 is 7.29. The van der Waals surface area contributed by atoms with Crippen LogP contribution in [0.15, 0.2) is 34.1 Å². The minimum atomic E-state index is -0.306. The Morgan fingerprint density at radius 3 is 2.79 bits per heavy atom. The molecule has 0 bridgehead atoms. The minimum Gasteiger partial charge on any atom is -0.382 e. The third kappa shape index (κ3) is 5.01. The number of thioether (sulfide) groups is 1. The molecule has 34 heavy (non-hydrogen) atoms. The van der Waals surface area contributed by atoms with E-state index in [0.717, 1.165) is 0 Å². The molecule has 180 valence electrons. The predicted molar refractivity (Wildman–Crippen MR) is 137 cm³/mol. The molecule has 2 N–H and O–H groups in total. The fourth-order valence-electron chi connectivity index (χ4n) is 4.13. The Hall–Kier alpha value is -2.76. The molecule has 0 spiro atoms. The highest BCUT2D eigenvalue weighted by atomic mass is 32.2. The van der Waals surface area contributed by atoms with Gasteiger partial charge < -0.3 is 15.4 Å². The monoisotopic (exact) mass is 501 g/mol. The fraction of sp³-hybridized carbons (Fsp3) is 0.435. The lowest BCUT2D eigenvalue weighted by Crippen LogP contribution is -2.40. The van der Waals surface area contributed by atoms with E-state index in [2.05, 4.69) is 0 Å². The second kappa shape index (κ2) is 10.7. The molecule has 0 unspecified atom stereocenters. The van der Waals surface area contributed by atoms with Crippen molar-refractivity contribution in [3.05, 3.63) is 45.2 Å². The average Bonchev–Trinajstić information content (AvgIpc) is 3.10. The predicted octanol–water partition coefficient (Wildman–Crippen LogP) is 2.02. The van der Waals surface area contributed by atoms with Crippen LogP contribution < -0.4 is 16.2 Å². The first-order valence-electron chi connectivity index (χ1n) is 11.3. The molecule has 0 saturated carbocycles. The third-order valence-corrected chi connectivity index (χ3v) is 7.35. The molecule has 9 nitrogen and oxygen atoms in total. The molecule has 2 fully saturated rings. The molecule has 0 aliphatic carbocycles. The lowest BCUT2D eigenvalue weighted by molar-refractivity contribution is -0.123. The maximum atomic E-state index is 13.5. The average molecular weight is 502 g/mol. The number of amides is 2. The van der Waals surface area contributed by atoms with E-state index in [9.17, 15) is 14.4 Å². The molecule has 2 aliphatic heterocycles. The van der Waals surface area contributed by atoms with Crippen molar-refractivity contribution < 1.29 is 14.3 Å². The lowest BCUT2D eigenvalue weighted by atomic mass is 9.96. The van der Waals surface area contributed by atoms with Gasteiger partial charge in [0.25, 0.3) is 11.5 Å². The van der Waals surface area contributed by atoms with Gasteiger partial charge in [0.2, 0.25) is 5.91 Å². The number of carbonyl (C=O) groups is 2. The molecule has 11 heteroatoms. The zero-order valence-corrected chi connectivity index (χ0v) is 20.6. The fourth-order valence-corrected chi connectivity index (χ4v) is 5.42. The second-order valence-corrected chi connectivity index (χ2v) is 9.81. The van der Waals surface area contributed by atoms with Crippen LogP contribution >= 0.6 is 24.0 Å². The first-order valence-corrected chi connectivity index (χ1v) is 12.5. The van der Waals surface area contributed by atoms with E-state index >= 15 is 0 Å². The maximum absolute atomic E-state index is 13.5. The summed E-state index contributed by atoms with van der Waals surface area (Å²) in [5.74, 6) is -0.211. The van der Waals surface area contributed by atoms with E-state index in [-0.39, 0.29) is 23.3 Å². The second-order valence-electron chi connectivity index (χ2n) is 8.13. The first kappa shape index (κ1) is 24.4. The molecule has 0 aromatic carbocycles. The summed E-state index contributed by atoms with van der Waals surface area (Å²) in [6.45, 7) is 4.64. The van der Waals surface area contributed by atoms with Gasteiger partial charge in [-0.25, -0.2) is 4.98 Å². The van der Waals surface area contributed by atoms with Gasteiger partial charge in [0.15, 0.2) is 0 Å². The molecule has 0 radical (unpaired) electrons. The number of carbonyl (C=O) groups excluding carboxylic acids is 2. The number of nitrogens with two attached hydrogens (primary N) is 1. The normalized spacial score (nSPS) is 18.4. The Labute approximate surface area is 206 Å². The number of anilines is 1. The van der Waals surface area contributed by atoms with E-state index in [1.807, 2.05) is 17.9 Å². The van der Waals surface area contributed by atoms with Crippen molar-refractivity contribution in [1.82, 2.24) is 14.3 Å². The third-order valence-electron chi connectivity index (χ3n) is 5.97. The largest absolute Gasteiger partial charge is 0.382 e. The summed E-state index contributed by atoms with van der Waals surface area (Å²) in [5, 5.41) is 0. The summed E-state index contributed by atoms with van der Waals surface area (Å²) in [4.78, 5) is 46.8. The quantitative estimate of drug-likeness (QED) is 0.332. The topological polar surface area (TPSA) is 110 Å². The van der Waals surface area contributed by atoms with E-state index < -0.39 is 0 Å². The van der Waals surface area contributed by atoms with Gasteiger partial charge >= 0.3 is 0 Å². The number of primary amides is 1. The molecule has 2 aliphatic rings. The van der Waals surface area contributed by atoms with E-state index in [1.165, 1.54) is 16.2 Å². The van der Waals surface area contributed by atoms with Crippen molar-refractivity contribution in [2.45, 2.75) is 26.2 Å². The van der Waals surface area contributed by atoms with Gasteiger partial charge in [-0.3, -0.25) is 23.7 Å². The van der Waals surface area contributed by atoms with E-state index in [4.69, 9.17) is 27.7 Å². The van der Waals surface area contributed by atoms with Crippen LogP contribution in [-0.2, 0) is 14.3 Å². The summed E-state index contributed by atoms with van der Waals surface area (Å²) in [6.07, 6.45) is 5.11. The minimum absolute atomic E-state index is 0.186. The van der Waals surface area contributed by atoms with Crippen LogP contribution in [-0.4, -0.2) is 63.3 Å². The Bertz CT molecular complexity index is 1200. The van der Waals surface area contributed by atoms with Gasteiger partial charge in [0.05, 0.1) is 10.5 Å². The zero-order valence-electron chi connectivity index (χ0n) is 18.9. The lowest BCUT2D eigenvalue weighted by Gasteiger charge is -2.32. The first-order chi connectivity index (χ1) is 16.4. The van der Waals surface area contributed by atoms with Gasteiger partial charge in [-0.15, -0.1) is 0 Å². The van der Waals surface area contributed by atoms with Crippen molar-refractivity contribution >= 4 is 57.7 Å². The van der Waals surface area contributed by atoms with Gasteiger partial charge in [-0.2, -0.15) is 0 Å². The van der Waals surface area contributed by atoms with E-state index in [1.54, 1.807) is 29.3 Å². The standard InChI is InChI=1S/C23H27N5O4S2/c1-2-32-13-5-10-28-22(31)17(34-23(28)33)14-16-20(26-11-7-15(8-12-26)19(24)29)25-18-6-3-4-9-27(18)21(16)30/h3-4,6,9,14-15H,2,5,7-8,10-13H2,1H3,(H2,24,29). The van der Waals surface area contributed by atoms with Crippen LogP contribution in [0.4, 0.5) is 5.82 Å². The summed E-state index contributed by atoms with van der Waals surface area (Å²) in [6, 6.07) is 5.34. The van der Waals surface area contributed by atoms with Gasteiger partial charge in [-0.1, -0.05) is 30.0 Å². The number of thiocarbonyl (C=S) groups is 1. The van der Waals surface area contributed by atoms with Crippen molar-refractivity contribution in [2.75, 3.05) is 37.7 Å². The number of hydrogen-bond donors (Lipinski definition) is 1. The Morgan fingerprint density at radius 1 is 1.32 bits per heavy atom. The van der Waals surface area contributed by atoms with Gasteiger partial charge in [0.1, 0.15) is 15.8 Å². The van der Waals surface area contributed by atoms with E-state index in [0.29, 0.717) is 78.4 Å². The smallest absolute Gasteiger partial charge is 0.267 e. The van der Waals surface area contributed by atoms with Crippen molar-refractivity contribution in [3.63, 3.8) is 0 Å². The van der Waals surface area contributed by atoms with Gasteiger partial charge in [0, 0.05) is 45.0 Å². The molecule has 2 saturated heterocycles. The van der Waals surface area contributed by atoms with Crippen molar-refractivity contribution in [3.8, 4) is 0 Å². The number of pyridine rings is 1. The molecule has 2 aromatic rings. The molecule has 4 rings (SSSR count). The number of piperidine rings is 1. The summed E-state index contributed by atoms with van der Waals surface area (Å²) in [5.41, 5.74) is 6.06. The summed E-state index contributed by atoms with van der Waals surface area (Å²) >= 11 is 6.61. The number of nitrogens with zero attached hydrogens (tertiary/aromatic N) is 4. The SMILES string of the molecule is CCOCCCN1C(=O)C(=Cc2c(N3CCC(C(N)=O)CC3)nc3ccccn3c2=O)SC1=S. The number of aromatic nitrogens is 2. The maximum Gasteiger partial charge on any atom is 0.267 e. The number of ether oxygens (including phenoxy) is 1. The molecule has 2 aromatic heterocycles.